The Balaban J connectivity index is 1.67. The number of hydrogen-bond donors (Lipinski definition) is 2. The van der Waals surface area contributed by atoms with Crippen LogP contribution >= 0.6 is 0 Å². The summed E-state index contributed by atoms with van der Waals surface area (Å²) in [6.07, 6.45) is 1.66. The van der Waals surface area contributed by atoms with Crippen molar-refractivity contribution in [3.63, 3.8) is 0 Å². The maximum Gasteiger partial charge on any atom is 0.240 e. The number of benzene rings is 2. The molecule has 0 aromatic heterocycles. The van der Waals surface area contributed by atoms with Crippen molar-refractivity contribution in [2.24, 2.45) is 5.10 Å². The lowest BCUT2D eigenvalue weighted by atomic mass is 10.1. The smallest absolute Gasteiger partial charge is 0.240 e. The van der Waals surface area contributed by atoms with Crippen molar-refractivity contribution in [1.29, 1.82) is 0 Å². The van der Waals surface area contributed by atoms with Crippen LogP contribution in [0.4, 0.5) is 10.1 Å². The average molecular weight is 355 g/mol. The maximum absolute atomic E-state index is 12.8. The van der Waals surface area contributed by atoms with Gasteiger partial charge >= 0.3 is 0 Å². The van der Waals surface area contributed by atoms with E-state index in [2.05, 4.69) is 15.8 Å². The summed E-state index contributed by atoms with van der Waals surface area (Å²) in [6.45, 7) is 1.85. The normalized spacial score (nSPS) is 11.1. The number of rotatable bonds is 8. The fraction of sp³-hybridized carbons (Fsp3) is 0.250. The van der Waals surface area contributed by atoms with E-state index in [0.29, 0.717) is 5.69 Å². The summed E-state index contributed by atoms with van der Waals surface area (Å²) < 4.78 is 12.8. The van der Waals surface area contributed by atoms with Gasteiger partial charge in [-0.15, -0.1) is 0 Å². The minimum Gasteiger partial charge on any atom is -0.326 e. The van der Waals surface area contributed by atoms with Crippen LogP contribution in [0.5, 0.6) is 0 Å². The fourth-order valence-corrected chi connectivity index (χ4v) is 2.22. The number of halogens is 1. The van der Waals surface area contributed by atoms with Crippen molar-refractivity contribution in [2.45, 2.75) is 32.6 Å². The number of nitrogens with one attached hydrogen (secondary N) is 2. The molecule has 0 unspecified atom stereocenters. The molecule has 0 fully saturated rings. The van der Waals surface area contributed by atoms with Gasteiger partial charge in [-0.3, -0.25) is 9.59 Å². The highest BCUT2D eigenvalue weighted by Gasteiger charge is 2.07. The van der Waals surface area contributed by atoms with E-state index in [-0.39, 0.29) is 30.5 Å². The molecular weight excluding hydrogens is 333 g/mol. The number of nitrogens with zero attached hydrogens (tertiary/aromatic N) is 1. The van der Waals surface area contributed by atoms with Crippen molar-refractivity contribution in [1.82, 2.24) is 5.43 Å². The van der Waals surface area contributed by atoms with Crippen LogP contribution < -0.4 is 10.7 Å². The van der Waals surface area contributed by atoms with Gasteiger partial charge in [0.2, 0.25) is 11.8 Å². The second kappa shape index (κ2) is 10.1. The molecule has 0 atom stereocenters. The third-order valence-electron chi connectivity index (χ3n) is 3.70. The third-order valence-corrected chi connectivity index (χ3v) is 3.70. The Morgan fingerprint density at radius 2 is 1.58 bits per heavy atom. The second-order valence-electron chi connectivity index (χ2n) is 5.92. The topological polar surface area (TPSA) is 70.6 Å². The molecule has 0 radical (unpaired) electrons. The van der Waals surface area contributed by atoms with E-state index in [1.54, 1.807) is 0 Å². The van der Waals surface area contributed by atoms with Gasteiger partial charge in [0.1, 0.15) is 5.82 Å². The first-order chi connectivity index (χ1) is 12.5. The highest BCUT2D eigenvalue weighted by atomic mass is 19.1. The van der Waals surface area contributed by atoms with Gasteiger partial charge in [-0.1, -0.05) is 30.3 Å². The summed E-state index contributed by atoms with van der Waals surface area (Å²) in [5.74, 6) is -1.00. The molecule has 26 heavy (non-hydrogen) atoms. The number of carbonyl (C=O) groups excluding carboxylic acids is 2. The van der Waals surface area contributed by atoms with Gasteiger partial charge in [0.15, 0.2) is 0 Å². The molecule has 0 aliphatic carbocycles. The number of anilines is 1. The zero-order valence-corrected chi connectivity index (χ0v) is 14.7. The van der Waals surface area contributed by atoms with Crippen LogP contribution in [-0.2, 0) is 16.0 Å². The zero-order chi connectivity index (χ0) is 18.8. The summed E-state index contributed by atoms with van der Waals surface area (Å²) in [4.78, 5) is 23.6. The lowest BCUT2D eigenvalue weighted by Crippen LogP contribution is -2.21. The van der Waals surface area contributed by atoms with Gasteiger partial charge in [-0.25, -0.2) is 9.82 Å². The number of hydrazone groups is 1. The van der Waals surface area contributed by atoms with E-state index in [1.165, 1.54) is 29.8 Å². The van der Waals surface area contributed by atoms with Crippen molar-refractivity contribution in [2.75, 3.05) is 5.32 Å². The van der Waals surface area contributed by atoms with Gasteiger partial charge in [-0.05, 0) is 49.6 Å². The van der Waals surface area contributed by atoms with Gasteiger partial charge in [-0.2, -0.15) is 5.10 Å². The summed E-state index contributed by atoms with van der Waals surface area (Å²) in [5.41, 5.74) is 4.99. The standard InChI is InChI=1S/C20H22FN3O2/c1-15(7-8-16-5-3-2-4-6-16)23-24-20(26)14-13-19(25)22-18-11-9-17(21)10-12-18/h2-6,9-12H,7-8,13-14H2,1H3,(H,22,25)(H,24,26)/b23-15-. The molecular formula is C20H22FN3O2. The Labute approximate surface area is 152 Å². The molecule has 0 bridgehead atoms. The van der Waals surface area contributed by atoms with Gasteiger partial charge in [0.05, 0.1) is 0 Å². The first-order valence-electron chi connectivity index (χ1n) is 8.44. The zero-order valence-electron chi connectivity index (χ0n) is 14.7. The minimum atomic E-state index is -0.372. The molecule has 2 amide bonds. The molecule has 0 saturated heterocycles. The monoisotopic (exact) mass is 355 g/mol. The van der Waals surface area contributed by atoms with E-state index in [4.69, 9.17) is 0 Å². The van der Waals surface area contributed by atoms with Gasteiger partial charge in [0.25, 0.3) is 0 Å². The summed E-state index contributed by atoms with van der Waals surface area (Å²) >= 11 is 0. The van der Waals surface area contributed by atoms with Crippen LogP contribution in [0, 0.1) is 5.82 Å². The molecule has 2 aromatic carbocycles. The first kappa shape index (κ1) is 19.3. The lowest BCUT2D eigenvalue weighted by Gasteiger charge is -2.05. The number of carbonyl (C=O) groups is 2. The van der Waals surface area contributed by atoms with E-state index in [1.807, 2.05) is 37.3 Å². The molecule has 2 rings (SSSR count). The Morgan fingerprint density at radius 1 is 0.923 bits per heavy atom. The second-order valence-corrected chi connectivity index (χ2v) is 5.92. The van der Waals surface area contributed by atoms with Crippen LogP contribution in [0.3, 0.4) is 0 Å². The number of hydrogen-bond acceptors (Lipinski definition) is 3. The molecule has 0 spiro atoms. The highest BCUT2D eigenvalue weighted by molar-refractivity contribution is 5.93. The van der Waals surface area contributed by atoms with Crippen LogP contribution in [0.15, 0.2) is 59.7 Å². The predicted molar refractivity (Wildman–Crippen MR) is 100 cm³/mol. The van der Waals surface area contributed by atoms with Gasteiger partial charge < -0.3 is 5.32 Å². The van der Waals surface area contributed by atoms with Crippen molar-refractivity contribution < 1.29 is 14.0 Å². The Kier molecular flexibility index (Phi) is 7.49. The minimum absolute atomic E-state index is 0.0296. The highest BCUT2D eigenvalue weighted by Crippen LogP contribution is 2.09. The van der Waals surface area contributed by atoms with Crippen LogP contribution in [-0.4, -0.2) is 17.5 Å². The Morgan fingerprint density at radius 3 is 2.27 bits per heavy atom. The fourth-order valence-electron chi connectivity index (χ4n) is 2.22. The van der Waals surface area contributed by atoms with Crippen LogP contribution in [0.1, 0.15) is 31.7 Å². The van der Waals surface area contributed by atoms with Crippen molar-refractivity contribution in [3.8, 4) is 0 Å². The number of aryl methyl sites for hydroxylation is 1. The Hall–Kier alpha value is -3.02. The molecule has 5 nitrogen and oxygen atoms in total. The SMILES string of the molecule is C/C(CCc1ccccc1)=N/NC(=O)CCC(=O)Nc1ccc(F)cc1. The average Bonchev–Trinajstić information content (AvgIpc) is 2.65. The molecule has 0 saturated carbocycles. The molecule has 0 aliphatic heterocycles. The molecule has 0 heterocycles. The first-order valence-corrected chi connectivity index (χ1v) is 8.44. The van der Waals surface area contributed by atoms with Crippen LogP contribution in [0.2, 0.25) is 0 Å². The number of amides is 2. The van der Waals surface area contributed by atoms with Crippen LogP contribution in [0.25, 0.3) is 0 Å². The molecule has 2 aromatic rings. The third kappa shape index (κ3) is 7.25. The van der Waals surface area contributed by atoms with E-state index >= 15 is 0 Å². The van der Waals surface area contributed by atoms with Crippen molar-refractivity contribution in [3.05, 3.63) is 66.0 Å². The molecule has 136 valence electrons. The Bertz CT molecular complexity index is 758. The van der Waals surface area contributed by atoms with E-state index in [0.717, 1.165) is 18.6 Å². The largest absolute Gasteiger partial charge is 0.326 e. The lowest BCUT2D eigenvalue weighted by molar-refractivity contribution is -0.124. The van der Waals surface area contributed by atoms with E-state index in [9.17, 15) is 14.0 Å². The van der Waals surface area contributed by atoms with Gasteiger partial charge in [0, 0.05) is 24.2 Å². The maximum atomic E-state index is 12.8. The summed E-state index contributed by atoms with van der Waals surface area (Å²) in [5, 5.41) is 6.66. The molecule has 2 N–H and O–H groups in total. The molecule has 0 aliphatic rings. The molecule has 6 heteroatoms. The summed E-state index contributed by atoms with van der Waals surface area (Å²) in [6, 6.07) is 15.5. The van der Waals surface area contributed by atoms with E-state index < -0.39 is 0 Å². The summed E-state index contributed by atoms with van der Waals surface area (Å²) in [7, 11) is 0. The quantitative estimate of drug-likeness (QED) is 0.560. The predicted octanol–water partition coefficient (Wildman–Crippen LogP) is 3.67. The van der Waals surface area contributed by atoms with Crippen molar-refractivity contribution >= 4 is 23.2 Å².